The predicted molar refractivity (Wildman–Crippen MR) is 181 cm³/mol. The van der Waals surface area contributed by atoms with Gasteiger partial charge in [0.2, 0.25) is 11.8 Å². The van der Waals surface area contributed by atoms with Crippen molar-refractivity contribution in [2.24, 2.45) is 0 Å². The molecule has 2 atom stereocenters. The van der Waals surface area contributed by atoms with Crippen LogP contribution in [0.15, 0.2) is 108 Å². The molecule has 4 rings (SSSR count). The van der Waals surface area contributed by atoms with E-state index in [-0.39, 0.29) is 35.5 Å². The Hall–Kier alpha value is -3.56. The Morgan fingerprint density at radius 2 is 1.47 bits per heavy atom. The van der Waals surface area contributed by atoms with Crippen molar-refractivity contribution in [3.63, 3.8) is 0 Å². The molecular formula is C34H34Cl3N3O4S. The molecule has 7 nitrogen and oxygen atoms in total. The Balaban J connectivity index is 1.82. The van der Waals surface area contributed by atoms with Crippen LogP contribution in [0.25, 0.3) is 0 Å². The normalized spacial score (nSPS) is 12.6. The van der Waals surface area contributed by atoms with Crippen molar-refractivity contribution in [3.05, 3.63) is 129 Å². The highest BCUT2D eigenvalue weighted by molar-refractivity contribution is 7.92. The Bertz CT molecular complexity index is 1720. The smallest absolute Gasteiger partial charge is 0.264 e. The fourth-order valence-electron chi connectivity index (χ4n) is 4.71. The molecule has 0 aliphatic carbocycles. The maximum Gasteiger partial charge on any atom is 0.264 e. The minimum atomic E-state index is -4.23. The van der Waals surface area contributed by atoms with Crippen molar-refractivity contribution in [2.75, 3.05) is 10.8 Å². The molecule has 11 heteroatoms. The second kappa shape index (κ2) is 15.6. The Morgan fingerprint density at radius 1 is 0.822 bits per heavy atom. The number of hydrogen-bond acceptors (Lipinski definition) is 4. The third-order valence-corrected chi connectivity index (χ3v) is 9.94. The highest BCUT2D eigenvalue weighted by Gasteiger charge is 2.35. The summed E-state index contributed by atoms with van der Waals surface area (Å²) in [6, 6.07) is 27.2. The van der Waals surface area contributed by atoms with E-state index in [2.05, 4.69) is 5.32 Å². The summed E-state index contributed by atoms with van der Waals surface area (Å²) >= 11 is 19.0. The summed E-state index contributed by atoms with van der Waals surface area (Å²) in [5, 5.41) is 4.03. The van der Waals surface area contributed by atoms with Gasteiger partial charge in [-0.25, -0.2) is 8.42 Å². The first-order chi connectivity index (χ1) is 21.5. The van der Waals surface area contributed by atoms with Gasteiger partial charge in [-0.3, -0.25) is 13.9 Å². The molecule has 236 valence electrons. The maximum absolute atomic E-state index is 14.5. The minimum absolute atomic E-state index is 0.000389. The molecule has 2 amide bonds. The zero-order chi connectivity index (χ0) is 32.6. The predicted octanol–water partition coefficient (Wildman–Crippen LogP) is 7.40. The van der Waals surface area contributed by atoms with Gasteiger partial charge in [0, 0.05) is 34.1 Å². The van der Waals surface area contributed by atoms with E-state index in [1.54, 1.807) is 54.6 Å². The average Bonchev–Trinajstić information content (AvgIpc) is 3.03. The highest BCUT2D eigenvalue weighted by Crippen LogP contribution is 2.28. The van der Waals surface area contributed by atoms with Crippen LogP contribution in [0.2, 0.25) is 15.1 Å². The van der Waals surface area contributed by atoms with Gasteiger partial charge in [0.25, 0.3) is 10.0 Å². The van der Waals surface area contributed by atoms with Crippen LogP contribution in [-0.4, -0.2) is 43.8 Å². The van der Waals surface area contributed by atoms with Crippen LogP contribution in [0.5, 0.6) is 0 Å². The first-order valence-corrected chi connectivity index (χ1v) is 17.0. The molecular weight excluding hydrogens is 653 g/mol. The quantitative estimate of drug-likeness (QED) is 0.159. The van der Waals surface area contributed by atoms with Gasteiger partial charge in [-0.1, -0.05) is 102 Å². The molecule has 0 saturated carbocycles. The summed E-state index contributed by atoms with van der Waals surface area (Å²) in [4.78, 5) is 29.8. The molecule has 0 radical (unpaired) electrons. The summed E-state index contributed by atoms with van der Waals surface area (Å²) < 4.78 is 29.1. The number of nitrogens with zero attached hydrogens (tertiary/aromatic N) is 2. The second-order valence-electron chi connectivity index (χ2n) is 10.6. The van der Waals surface area contributed by atoms with Crippen molar-refractivity contribution in [3.8, 4) is 0 Å². The molecule has 0 heterocycles. The van der Waals surface area contributed by atoms with E-state index in [1.165, 1.54) is 23.1 Å². The van der Waals surface area contributed by atoms with E-state index < -0.39 is 28.5 Å². The largest absolute Gasteiger partial charge is 0.352 e. The van der Waals surface area contributed by atoms with Crippen LogP contribution in [0.1, 0.15) is 31.4 Å². The lowest BCUT2D eigenvalue weighted by molar-refractivity contribution is -0.140. The van der Waals surface area contributed by atoms with E-state index in [9.17, 15) is 18.0 Å². The number of anilines is 1. The lowest BCUT2D eigenvalue weighted by atomic mass is 10.0. The molecule has 4 aromatic carbocycles. The molecule has 45 heavy (non-hydrogen) atoms. The van der Waals surface area contributed by atoms with Crippen molar-refractivity contribution in [1.29, 1.82) is 0 Å². The molecule has 0 fully saturated rings. The van der Waals surface area contributed by atoms with Crippen molar-refractivity contribution in [2.45, 2.75) is 50.2 Å². The van der Waals surface area contributed by atoms with Gasteiger partial charge >= 0.3 is 0 Å². The van der Waals surface area contributed by atoms with Gasteiger partial charge in [0.15, 0.2) is 0 Å². The maximum atomic E-state index is 14.5. The van der Waals surface area contributed by atoms with Crippen LogP contribution in [0.3, 0.4) is 0 Å². The first kappa shape index (κ1) is 34.3. The van der Waals surface area contributed by atoms with E-state index >= 15 is 0 Å². The molecule has 0 aliphatic heterocycles. The average molecular weight is 687 g/mol. The van der Waals surface area contributed by atoms with Gasteiger partial charge in [-0.15, -0.1) is 0 Å². The number of carbonyl (C=O) groups excluding carboxylic acids is 2. The van der Waals surface area contributed by atoms with E-state index in [0.717, 1.165) is 9.87 Å². The molecule has 0 bridgehead atoms. The number of benzene rings is 4. The number of hydrogen-bond donors (Lipinski definition) is 1. The molecule has 1 N–H and O–H groups in total. The van der Waals surface area contributed by atoms with Crippen molar-refractivity contribution >= 4 is 62.3 Å². The zero-order valence-corrected chi connectivity index (χ0v) is 28.0. The van der Waals surface area contributed by atoms with Crippen molar-refractivity contribution in [1.82, 2.24) is 10.2 Å². The van der Waals surface area contributed by atoms with Crippen LogP contribution >= 0.6 is 34.8 Å². The Labute approximate surface area is 279 Å². The number of halogens is 3. The molecule has 0 aliphatic rings. The topological polar surface area (TPSA) is 86.8 Å². The number of carbonyl (C=O) groups is 2. The third kappa shape index (κ3) is 9.01. The van der Waals surface area contributed by atoms with Crippen LogP contribution in [0, 0.1) is 0 Å². The number of nitrogens with one attached hydrogen (secondary N) is 1. The van der Waals surface area contributed by atoms with Gasteiger partial charge < -0.3 is 10.2 Å². The number of rotatable bonds is 13. The fraction of sp³-hybridized carbons (Fsp3) is 0.235. The lowest BCUT2D eigenvalue weighted by Gasteiger charge is -2.34. The van der Waals surface area contributed by atoms with Crippen LogP contribution < -0.4 is 9.62 Å². The van der Waals surface area contributed by atoms with Gasteiger partial charge in [0.1, 0.15) is 12.6 Å². The second-order valence-corrected chi connectivity index (χ2v) is 13.7. The highest BCUT2D eigenvalue weighted by atomic mass is 35.5. The van der Waals surface area contributed by atoms with Crippen LogP contribution in [0.4, 0.5) is 5.69 Å². The van der Waals surface area contributed by atoms with Gasteiger partial charge in [-0.05, 0) is 66.9 Å². The molecule has 4 aromatic rings. The third-order valence-electron chi connectivity index (χ3n) is 7.33. The fourth-order valence-corrected chi connectivity index (χ4v) is 6.79. The molecule has 0 saturated heterocycles. The zero-order valence-electron chi connectivity index (χ0n) is 24.9. The number of sulfonamides is 1. The summed E-state index contributed by atoms with van der Waals surface area (Å²) in [5.41, 5.74) is 1.57. The first-order valence-electron chi connectivity index (χ1n) is 14.4. The monoisotopic (exact) mass is 685 g/mol. The van der Waals surface area contributed by atoms with E-state index in [1.807, 2.05) is 44.2 Å². The summed E-state index contributed by atoms with van der Waals surface area (Å²) in [6.07, 6.45) is 0.862. The lowest BCUT2D eigenvalue weighted by Crippen LogP contribution is -2.54. The standard InChI is InChI=1S/C34H34Cl3N3O4S/c1-3-24(2)38-34(42)32(19-25-11-6-4-7-12-25)39(22-26-17-18-28(36)21-31(26)37)33(41)23-40(29-14-10-13-27(35)20-29)45(43,44)30-15-8-5-9-16-30/h4-18,20-21,24,32H,3,19,22-23H2,1-2H3,(H,38,42)/t24-,32-/m0/s1. The van der Waals surface area contributed by atoms with Gasteiger partial charge in [0.05, 0.1) is 10.6 Å². The summed E-state index contributed by atoms with van der Waals surface area (Å²) in [5.74, 6) is -0.979. The minimum Gasteiger partial charge on any atom is -0.352 e. The molecule has 0 unspecified atom stereocenters. The van der Waals surface area contributed by atoms with E-state index in [0.29, 0.717) is 27.1 Å². The van der Waals surface area contributed by atoms with Crippen molar-refractivity contribution < 1.29 is 18.0 Å². The Kier molecular flexibility index (Phi) is 11.9. The van der Waals surface area contributed by atoms with E-state index in [4.69, 9.17) is 34.8 Å². The molecule has 0 aromatic heterocycles. The summed E-state index contributed by atoms with van der Waals surface area (Å²) in [7, 11) is -4.23. The Morgan fingerprint density at radius 3 is 2.09 bits per heavy atom. The summed E-state index contributed by atoms with van der Waals surface area (Å²) in [6.45, 7) is 3.15. The van der Waals surface area contributed by atoms with Crippen LogP contribution in [-0.2, 0) is 32.6 Å². The molecule has 0 spiro atoms. The number of amides is 2. The van der Waals surface area contributed by atoms with Gasteiger partial charge in [-0.2, -0.15) is 0 Å². The SMILES string of the molecule is CC[C@H](C)NC(=O)[C@H](Cc1ccccc1)N(Cc1ccc(Cl)cc1Cl)C(=O)CN(c1cccc(Cl)c1)S(=O)(=O)c1ccccc1.